The number of carboxylic acid groups (broad SMARTS) is 1. The number of nitrogens with one attached hydrogen (secondary N) is 1. The van der Waals surface area contributed by atoms with Gasteiger partial charge in [-0.3, -0.25) is 9.89 Å². The first-order valence-corrected chi connectivity index (χ1v) is 15.1. The largest absolute Gasteiger partial charge is 0.478 e. The van der Waals surface area contributed by atoms with Gasteiger partial charge in [0.05, 0.1) is 24.3 Å². The first-order valence-electron chi connectivity index (χ1n) is 13.8. The van der Waals surface area contributed by atoms with Gasteiger partial charge in [-0.25, -0.2) is 23.8 Å². The van der Waals surface area contributed by atoms with Gasteiger partial charge in [-0.1, -0.05) is 29.8 Å². The van der Waals surface area contributed by atoms with Crippen LogP contribution < -0.4 is 5.32 Å². The van der Waals surface area contributed by atoms with E-state index >= 15 is 0 Å². The molecular formula is C30H28ClFN6O5S. The van der Waals surface area contributed by atoms with Crippen LogP contribution in [-0.2, 0) is 16.1 Å². The van der Waals surface area contributed by atoms with E-state index in [4.69, 9.17) is 26.4 Å². The standard InChI is InChI=1S/C30H28ClFN6O5S/c1-43-29(41)24-23(34-26(27-33-8-11-44-27)35-25(24)21-7-6-19(32)12-22(21)31)16-36-9-10-38-20(14-36)15-37(30(38)42)13-17-2-4-18(5-3-17)28(39)40/h2-8,11-12,20,25H,9-10,13-16H2,1H3,(H,34,35)(H,39,40)/t20?,25-/m0/s1. The van der Waals surface area contributed by atoms with E-state index in [-0.39, 0.29) is 28.2 Å². The molecule has 0 spiro atoms. The van der Waals surface area contributed by atoms with Gasteiger partial charge in [0.1, 0.15) is 11.9 Å². The fraction of sp³-hybridized carbons (Fsp3) is 0.300. The number of hydrogen-bond donors (Lipinski definition) is 2. The van der Waals surface area contributed by atoms with Gasteiger partial charge in [0.2, 0.25) is 0 Å². The van der Waals surface area contributed by atoms with Crippen LogP contribution in [0, 0.1) is 5.82 Å². The summed E-state index contributed by atoms with van der Waals surface area (Å²) >= 11 is 7.84. The van der Waals surface area contributed by atoms with Crippen LogP contribution in [0.3, 0.4) is 0 Å². The first kappa shape index (κ1) is 29.7. The number of aliphatic imine (C=N–C) groups is 1. The van der Waals surface area contributed by atoms with E-state index in [1.165, 1.54) is 48.8 Å². The van der Waals surface area contributed by atoms with Crippen LogP contribution in [0.4, 0.5) is 9.18 Å². The Morgan fingerprint density at radius 1 is 1.16 bits per heavy atom. The molecule has 0 saturated carbocycles. The number of piperazine rings is 1. The van der Waals surface area contributed by atoms with Crippen molar-refractivity contribution < 1.29 is 28.6 Å². The molecule has 11 nitrogen and oxygen atoms in total. The molecule has 4 heterocycles. The minimum absolute atomic E-state index is 0.0635. The smallest absolute Gasteiger partial charge is 0.338 e. The number of hydrogen-bond acceptors (Lipinski definition) is 9. The van der Waals surface area contributed by atoms with Crippen LogP contribution in [0.25, 0.3) is 0 Å². The molecule has 2 saturated heterocycles. The highest BCUT2D eigenvalue weighted by Crippen LogP contribution is 2.37. The van der Waals surface area contributed by atoms with Crippen molar-refractivity contribution in [3.8, 4) is 0 Å². The molecule has 2 N–H and O–H groups in total. The molecular weight excluding hydrogens is 611 g/mol. The van der Waals surface area contributed by atoms with Crippen molar-refractivity contribution >= 4 is 46.7 Å². The summed E-state index contributed by atoms with van der Waals surface area (Å²) in [6, 6.07) is 9.50. The Hall–Kier alpha value is -4.33. The van der Waals surface area contributed by atoms with Gasteiger partial charge in [-0.2, -0.15) is 0 Å². The van der Waals surface area contributed by atoms with Gasteiger partial charge < -0.3 is 25.0 Å². The van der Waals surface area contributed by atoms with Crippen LogP contribution in [0.5, 0.6) is 0 Å². The van der Waals surface area contributed by atoms with Gasteiger partial charge in [0.15, 0.2) is 10.8 Å². The second-order valence-electron chi connectivity index (χ2n) is 10.6. The third-order valence-corrected chi connectivity index (χ3v) is 9.00. The molecule has 44 heavy (non-hydrogen) atoms. The molecule has 0 bridgehead atoms. The van der Waals surface area contributed by atoms with Gasteiger partial charge in [-0.15, -0.1) is 11.3 Å². The Morgan fingerprint density at radius 3 is 2.64 bits per heavy atom. The number of methoxy groups -OCH3 is 1. The number of urea groups is 1. The highest BCUT2D eigenvalue weighted by molar-refractivity contribution is 7.11. The molecule has 2 amide bonds. The summed E-state index contributed by atoms with van der Waals surface area (Å²) in [4.78, 5) is 52.6. The van der Waals surface area contributed by atoms with Crippen molar-refractivity contribution in [2.24, 2.45) is 4.99 Å². The number of rotatable bonds is 8. The molecule has 3 aromatic rings. The second-order valence-corrected chi connectivity index (χ2v) is 11.9. The predicted octanol–water partition coefficient (Wildman–Crippen LogP) is 3.77. The molecule has 6 rings (SSSR count). The number of amidine groups is 1. The van der Waals surface area contributed by atoms with E-state index in [1.54, 1.807) is 23.2 Å². The third-order valence-electron chi connectivity index (χ3n) is 7.89. The minimum Gasteiger partial charge on any atom is -0.478 e. The Morgan fingerprint density at radius 2 is 1.95 bits per heavy atom. The van der Waals surface area contributed by atoms with Crippen LogP contribution in [0.15, 0.2) is 70.3 Å². The molecule has 0 radical (unpaired) electrons. The number of halogens is 2. The minimum atomic E-state index is -0.999. The lowest BCUT2D eigenvalue weighted by atomic mass is 9.95. The van der Waals surface area contributed by atoms with Crippen LogP contribution >= 0.6 is 22.9 Å². The van der Waals surface area contributed by atoms with E-state index in [9.17, 15) is 18.8 Å². The zero-order chi connectivity index (χ0) is 31.0. The first-order chi connectivity index (χ1) is 21.2. The highest BCUT2D eigenvalue weighted by atomic mass is 35.5. The lowest BCUT2D eigenvalue weighted by Crippen LogP contribution is -2.53. The number of aromatic carboxylic acids is 1. The number of carbonyl (C=O) groups is 3. The third kappa shape index (κ3) is 5.90. The van der Waals surface area contributed by atoms with Crippen LogP contribution in [0.1, 0.15) is 32.5 Å². The Labute approximate surface area is 261 Å². The zero-order valence-electron chi connectivity index (χ0n) is 23.6. The predicted molar refractivity (Wildman–Crippen MR) is 161 cm³/mol. The quantitative estimate of drug-likeness (QED) is 0.357. The van der Waals surface area contributed by atoms with E-state index in [1.807, 2.05) is 10.3 Å². The van der Waals surface area contributed by atoms with E-state index in [0.717, 1.165) is 5.56 Å². The van der Waals surface area contributed by atoms with E-state index in [0.29, 0.717) is 61.4 Å². The maximum atomic E-state index is 13.9. The molecule has 228 valence electrons. The Bertz CT molecular complexity index is 1660. The lowest BCUT2D eigenvalue weighted by Gasteiger charge is -2.38. The Kier molecular flexibility index (Phi) is 8.34. The van der Waals surface area contributed by atoms with Gasteiger partial charge >= 0.3 is 18.0 Å². The summed E-state index contributed by atoms with van der Waals surface area (Å²) in [6.07, 6.45) is 1.66. The van der Waals surface area contributed by atoms with Gasteiger partial charge in [-0.05, 0) is 29.8 Å². The fourth-order valence-electron chi connectivity index (χ4n) is 5.78. The van der Waals surface area contributed by atoms with Crippen molar-refractivity contribution in [2.45, 2.75) is 18.6 Å². The second kappa shape index (κ2) is 12.3. The number of ether oxygens (including phenoxy) is 1. The van der Waals surface area contributed by atoms with Crippen molar-refractivity contribution in [1.82, 2.24) is 25.0 Å². The number of carbonyl (C=O) groups excluding carboxylic acids is 2. The van der Waals surface area contributed by atoms with E-state index < -0.39 is 23.8 Å². The van der Waals surface area contributed by atoms with Crippen LogP contribution in [-0.4, -0.2) is 94.5 Å². The Balaban J connectivity index is 1.24. The highest BCUT2D eigenvalue weighted by Gasteiger charge is 2.41. The zero-order valence-corrected chi connectivity index (χ0v) is 25.1. The molecule has 2 aromatic carbocycles. The van der Waals surface area contributed by atoms with Crippen molar-refractivity contribution in [2.75, 3.05) is 39.8 Å². The maximum absolute atomic E-state index is 13.9. The summed E-state index contributed by atoms with van der Waals surface area (Å²) in [5, 5.41) is 15.0. The molecule has 2 atom stereocenters. The lowest BCUT2D eigenvalue weighted by molar-refractivity contribution is -0.136. The number of benzene rings is 2. The van der Waals surface area contributed by atoms with Crippen molar-refractivity contribution in [3.63, 3.8) is 0 Å². The van der Waals surface area contributed by atoms with Crippen molar-refractivity contribution in [3.05, 3.63) is 97.8 Å². The number of esters is 1. The summed E-state index contributed by atoms with van der Waals surface area (Å²) in [5.74, 6) is -1.63. The number of carboxylic acids is 1. The van der Waals surface area contributed by atoms with Gasteiger partial charge in [0, 0.05) is 67.1 Å². The number of fused-ring (bicyclic) bond motifs is 1. The molecule has 14 heteroatoms. The maximum Gasteiger partial charge on any atom is 0.338 e. The number of amides is 2. The molecule has 0 aliphatic carbocycles. The molecule has 3 aliphatic rings. The van der Waals surface area contributed by atoms with Gasteiger partial charge in [0.25, 0.3) is 0 Å². The number of nitrogens with zero attached hydrogens (tertiary/aromatic N) is 5. The van der Waals surface area contributed by atoms with Crippen molar-refractivity contribution in [1.29, 1.82) is 0 Å². The summed E-state index contributed by atoms with van der Waals surface area (Å²) in [6.45, 7) is 2.84. The number of thiazole rings is 1. The van der Waals surface area contributed by atoms with E-state index in [2.05, 4.69) is 15.2 Å². The van der Waals surface area contributed by atoms with Crippen LogP contribution in [0.2, 0.25) is 5.02 Å². The topological polar surface area (TPSA) is 128 Å². The SMILES string of the molecule is COC(=O)C1=C(CN2CCN3C(=O)N(Cc4ccc(C(=O)O)cc4)CC3C2)NC(c2nccs2)=N[C@H]1c1ccc(F)cc1Cl. The summed E-state index contributed by atoms with van der Waals surface area (Å²) in [5.41, 5.74) is 2.32. The average Bonchev–Trinajstić information content (AvgIpc) is 3.65. The normalized spacial score (nSPS) is 20.3. The summed E-state index contributed by atoms with van der Waals surface area (Å²) in [7, 11) is 1.29. The number of aromatic nitrogens is 1. The monoisotopic (exact) mass is 638 g/mol. The molecule has 2 fully saturated rings. The molecule has 1 aromatic heterocycles. The summed E-state index contributed by atoms with van der Waals surface area (Å²) < 4.78 is 19.1. The molecule has 1 unspecified atom stereocenters. The molecule has 3 aliphatic heterocycles. The average molecular weight is 639 g/mol. The fourth-order valence-corrected chi connectivity index (χ4v) is 6.64.